The molecule has 0 bridgehead atoms. The van der Waals surface area contributed by atoms with Gasteiger partial charge in [0.15, 0.2) is 0 Å². The highest BCUT2D eigenvalue weighted by atomic mass is 32.2. The van der Waals surface area contributed by atoms with E-state index in [1.807, 2.05) is 0 Å². The molecule has 28 heavy (non-hydrogen) atoms. The van der Waals surface area contributed by atoms with Crippen LogP contribution in [0.15, 0.2) is 34.3 Å². The van der Waals surface area contributed by atoms with E-state index in [0.29, 0.717) is 44.1 Å². The number of anilines is 1. The van der Waals surface area contributed by atoms with Gasteiger partial charge in [0.1, 0.15) is 11.3 Å². The van der Waals surface area contributed by atoms with Gasteiger partial charge in [0.05, 0.1) is 18.1 Å². The van der Waals surface area contributed by atoms with Crippen molar-refractivity contribution in [3.63, 3.8) is 0 Å². The van der Waals surface area contributed by atoms with Crippen molar-refractivity contribution in [1.29, 1.82) is 0 Å². The number of piperidine rings is 1. The number of ether oxygens (including phenoxy) is 1. The summed E-state index contributed by atoms with van der Waals surface area (Å²) >= 11 is 0. The van der Waals surface area contributed by atoms with Crippen molar-refractivity contribution in [3.8, 4) is 0 Å². The highest BCUT2D eigenvalue weighted by Crippen LogP contribution is 2.32. The predicted octanol–water partition coefficient (Wildman–Crippen LogP) is 0.544. The number of oxime groups is 1. The molecule has 3 aliphatic heterocycles. The standard InChI is InChI=1S/C18H24N4O5S/c23-17(16-13-18(27-21-16)4-6-19-7-5-18)20-14-2-1-3-15(12-14)28(24,25)22-8-10-26-11-9-22/h1-3,12,19H,4-11,13H2,(H,20,23). The summed E-state index contributed by atoms with van der Waals surface area (Å²) in [6, 6.07) is 6.27. The molecular formula is C18H24N4O5S. The number of benzene rings is 1. The molecule has 2 fully saturated rings. The van der Waals surface area contributed by atoms with Gasteiger partial charge in [0, 0.05) is 38.0 Å². The van der Waals surface area contributed by atoms with Crippen LogP contribution < -0.4 is 10.6 Å². The Labute approximate surface area is 164 Å². The molecule has 152 valence electrons. The zero-order valence-electron chi connectivity index (χ0n) is 15.5. The highest BCUT2D eigenvalue weighted by molar-refractivity contribution is 7.89. The molecule has 1 aromatic rings. The summed E-state index contributed by atoms with van der Waals surface area (Å²) in [5.41, 5.74) is 0.357. The molecule has 0 atom stereocenters. The molecule has 2 N–H and O–H groups in total. The molecule has 3 aliphatic rings. The molecule has 4 rings (SSSR count). The molecule has 0 unspecified atom stereocenters. The number of nitrogens with one attached hydrogen (secondary N) is 2. The Morgan fingerprint density at radius 3 is 2.71 bits per heavy atom. The van der Waals surface area contributed by atoms with E-state index in [9.17, 15) is 13.2 Å². The molecule has 1 spiro atoms. The first kappa shape index (κ1) is 19.3. The van der Waals surface area contributed by atoms with Gasteiger partial charge in [0.25, 0.3) is 5.91 Å². The molecule has 9 nitrogen and oxygen atoms in total. The third-order valence-corrected chi connectivity index (χ3v) is 7.21. The summed E-state index contributed by atoms with van der Waals surface area (Å²) in [4.78, 5) is 18.3. The zero-order valence-corrected chi connectivity index (χ0v) is 16.3. The largest absolute Gasteiger partial charge is 0.388 e. The topological polar surface area (TPSA) is 109 Å². The van der Waals surface area contributed by atoms with Crippen molar-refractivity contribution in [1.82, 2.24) is 9.62 Å². The summed E-state index contributed by atoms with van der Waals surface area (Å²) in [5.74, 6) is -0.365. The Hall–Kier alpha value is -2.01. The van der Waals surface area contributed by atoms with Crippen LogP contribution in [0.2, 0.25) is 0 Å². The Bertz CT molecular complexity index is 874. The van der Waals surface area contributed by atoms with Crippen LogP contribution in [0.1, 0.15) is 19.3 Å². The van der Waals surface area contributed by atoms with E-state index in [2.05, 4.69) is 15.8 Å². The van der Waals surface area contributed by atoms with Crippen molar-refractivity contribution in [2.75, 3.05) is 44.7 Å². The summed E-state index contributed by atoms with van der Waals surface area (Å²) < 4.78 is 32.2. The summed E-state index contributed by atoms with van der Waals surface area (Å²) in [5, 5.41) is 10.0. The fourth-order valence-corrected chi connectivity index (χ4v) is 5.12. The van der Waals surface area contributed by atoms with E-state index >= 15 is 0 Å². The SMILES string of the molecule is O=C(Nc1cccc(S(=O)(=O)N2CCOCC2)c1)C1=NOC2(CCNCC2)C1. The van der Waals surface area contributed by atoms with Crippen LogP contribution >= 0.6 is 0 Å². The van der Waals surface area contributed by atoms with Crippen molar-refractivity contribution in [2.45, 2.75) is 29.8 Å². The number of rotatable bonds is 4. The van der Waals surface area contributed by atoms with E-state index < -0.39 is 10.0 Å². The average Bonchev–Trinajstić information content (AvgIpc) is 3.13. The third-order valence-electron chi connectivity index (χ3n) is 5.32. The number of carbonyl (C=O) groups is 1. The lowest BCUT2D eigenvalue weighted by Gasteiger charge is -2.30. The Morgan fingerprint density at radius 1 is 1.21 bits per heavy atom. The Morgan fingerprint density at radius 2 is 1.96 bits per heavy atom. The minimum atomic E-state index is -3.62. The van der Waals surface area contributed by atoms with Crippen LogP contribution in [0, 0.1) is 0 Å². The minimum Gasteiger partial charge on any atom is -0.388 e. The van der Waals surface area contributed by atoms with Gasteiger partial charge in [0.2, 0.25) is 10.0 Å². The second kappa shape index (κ2) is 7.78. The van der Waals surface area contributed by atoms with Gasteiger partial charge in [-0.3, -0.25) is 4.79 Å². The van der Waals surface area contributed by atoms with Crippen LogP contribution in [0.5, 0.6) is 0 Å². The maximum Gasteiger partial charge on any atom is 0.273 e. The molecule has 0 aromatic heterocycles. The first-order valence-electron chi connectivity index (χ1n) is 9.44. The molecule has 0 saturated carbocycles. The van der Waals surface area contributed by atoms with E-state index in [1.54, 1.807) is 12.1 Å². The molecule has 1 aromatic carbocycles. The van der Waals surface area contributed by atoms with Crippen molar-refractivity contribution >= 4 is 27.3 Å². The minimum absolute atomic E-state index is 0.145. The van der Waals surface area contributed by atoms with Gasteiger partial charge >= 0.3 is 0 Å². The Kier molecular flexibility index (Phi) is 5.37. The van der Waals surface area contributed by atoms with Gasteiger partial charge in [-0.05, 0) is 31.3 Å². The lowest BCUT2D eigenvalue weighted by molar-refractivity contribution is -0.110. The average molecular weight is 408 g/mol. The van der Waals surface area contributed by atoms with Crippen molar-refractivity contribution in [2.24, 2.45) is 5.16 Å². The Balaban J connectivity index is 1.44. The lowest BCUT2D eigenvalue weighted by Crippen LogP contribution is -2.42. The van der Waals surface area contributed by atoms with Gasteiger partial charge in [-0.25, -0.2) is 8.42 Å². The van der Waals surface area contributed by atoms with Crippen LogP contribution in [-0.2, 0) is 24.4 Å². The monoisotopic (exact) mass is 408 g/mol. The molecule has 10 heteroatoms. The summed E-state index contributed by atoms with van der Waals surface area (Å²) in [6.45, 7) is 3.09. The van der Waals surface area contributed by atoms with E-state index in [4.69, 9.17) is 9.57 Å². The number of hydrogen-bond acceptors (Lipinski definition) is 7. The smallest absolute Gasteiger partial charge is 0.273 e. The van der Waals surface area contributed by atoms with E-state index in [-0.39, 0.29) is 16.4 Å². The molecule has 3 heterocycles. The number of amides is 1. The van der Waals surface area contributed by atoms with E-state index in [1.165, 1.54) is 16.4 Å². The third kappa shape index (κ3) is 3.90. The van der Waals surface area contributed by atoms with Gasteiger partial charge in [-0.2, -0.15) is 4.31 Å². The van der Waals surface area contributed by atoms with Gasteiger partial charge < -0.3 is 20.2 Å². The van der Waals surface area contributed by atoms with Gasteiger partial charge in [-0.1, -0.05) is 11.2 Å². The van der Waals surface area contributed by atoms with Gasteiger partial charge in [-0.15, -0.1) is 0 Å². The van der Waals surface area contributed by atoms with Crippen LogP contribution in [-0.4, -0.2) is 69.3 Å². The van der Waals surface area contributed by atoms with E-state index in [0.717, 1.165) is 25.9 Å². The maximum atomic E-state index is 12.8. The zero-order chi connectivity index (χ0) is 19.6. The molecule has 0 aliphatic carbocycles. The van der Waals surface area contributed by atoms with Crippen LogP contribution in [0.3, 0.4) is 0 Å². The van der Waals surface area contributed by atoms with Crippen LogP contribution in [0.4, 0.5) is 5.69 Å². The summed E-state index contributed by atoms with van der Waals surface area (Å²) in [6.07, 6.45) is 2.08. The van der Waals surface area contributed by atoms with Crippen molar-refractivity contribution in [3.05, 3.63) is 24.3 Å². The quantitative estimate of drug-likeness (QED) is 0.753. The highest BCUT2D eigenvalue weighted by Gasteiger charge is 2.42. The fourth-order valence-electron chi connectivity index (χ4n) is 3.67. The molecule has 1 amide bonds. The second-order valence-corrected chi connectivity index (χ2v) is 9.18. The maximum absolute atomic E-state index is 12.8. The summed E-state index contributed by atoms with van der Waals surface area (Å²) in [7, 11) is -3.62. The molecule has 0 radical (unpaired) electrons. The first-order chi connectivity index (χ1) is 13.5. The first-order valence-corrected chi connectivity index (χ1v) is 10.9. The normalized spacial score (nSPS) is 22.5. The fraction of sp³-hybridized carbons (Fsp3) is 0.556. The van der Waals surface area contributed by atoms with Crippen LogP contribution in [0.25, 0.3) is 0 Å². The number of nitrogens with zero attached hydrogens (tertiary/aromatic N) is 2. The molecule has 2 saturated heterocycles. The number of morpholine rings is 1. The molecular weight excluding hydrogens is 384 g/mol. The number of sulfonamides is 1. The number of carbonyl (C=O) groups excluding carboxylic acids is 1. The lowest BCUT2D eigenvalue weighted by atomic mass is 9.87. The predicted molar refractivity (Wildman–Crippen MR) is 103 cm³/mol. The number of hydrogen-bond donors (Lipinski definition) is 2. The second-order valence-electron chi connectivity index (χ2n) is 7.24. The van der Waals surface area contributed by atoms with Crippen molar-refractivity contribution < 1.29 is 22.8 Å².